The van der Waals surface area contributed by atoms with E-state index in [2.05, 4.69) is 231 Å². The minimum atomic E-state index is -0.487. The predicted molar refractivity (Wildman–Crippen MR) is 272 cm³/mol. The highest BCUT2D eigenvalue weighted by Gasteiger charge is 2.15. The monoisotopic (exact) mass is 828 g/mol. The second-order valence-electron chi connectivity index (χ2n) is 16.1. The highest BCUT2D eigenvalue weighted by atomic mass is 16.5. The Balaban J connectivity index is 1.02. The van der Waals surface area contributed by atoms with Gasteiger partial charge in [0.25, 0.3) is 0 Å². The standard InChI is InChI=1S/C60H48N2O2/c1-5-60(63)64-53-38-36-52(37-39-53)62(49-30-18-44(4)19-31-49)51-34-22-46(23-35-51)25-41-59-56-12-8-6-10-54(56)58(55-11-7-9-13-57(55)59)40-24-45-20-32-50(33-21-45)61(47-26-14-42(2)15-27-47)48-28-16-43(3)17-29-48/h5-41H,1H2,2-4H3/b40-24+,41-25+. The van der Waals surface area contributed by atoms with Crippen LogP contribution in [0.1, 0.15) is 38.9 Å². The van der Waals surface area contributed by atoms with Crippen molar-refractivity contribution in [1.82, 2.24) is 0 Å². The van der Waals surface area contributed by atoms with Gasteiger partial charge in [-0.3, -0.25) is 0 Å². The van der Waals surface area contributed by atoms with Gasteiger partial charge in [-0.2, -0.15) is 0 Å². The average molecular weight is 829 g/mol. The summed E-state index contributed by atoms with van der Waals surface area (Å²) in [4.78, 5) is 16.3. The van der Waals surface area contributed by atoms with Gasteiger partial charge in [0, 0.05) is 40.2 Å². The van der Waals surface area contributed by atoms with Crippen LogP contribution in [0.4, 0.5) is 34.1 Å². The molecule has 0 unspecified atom stereocenters. The minimum Gasteiger partial charge on any atom is -0.423 e. The molecular weight excluding hydrogens is 781 g/mol. The van der Waals surface area contributed by atoms with Gasteiger partial charge in [0.15, 0.2) is 0 Å². The summed E-state index contributed by atoms with van der Waals surface area (Å²) in [5.41, 5.74) is 14.6. The predicted octanol–water partition coefficient (Wildman–Crippen LogP) is 16.3. The molecule has 0 radical (unpaired) electrons. The fraction of sp³-hybridized carbons (Fsp3) is 0.0500. The lowest BCUT2D eigenvalue weighted by Crippen LogP contribution is -2.10. The first-order valence-corrected chi connectivity index (χ1v) is 21.6. The van der Waals surface area contributed by atoms with Crippen molar-refractivity contribution in [3.8, 4) is 5.75 Å². The minimum absolute atomic E-state index is 0.465. The number of hydrogen-bond acceptors (Lipinski definition) is 4. The van der Waals surface area contributed by atoms with Crippen molar-refractivity contribution in [3.05, 3.63) is 246 Å². The molecule has 0 amide bonds. The van der Waals surface area contributed by atoms with E-state index in [1.54, 1.807) is 12.1 Å². The van der Waals surface area contributed by atoms with Crippen molar-refractivity contribution in [2.24, 2.45) is 0 Å². The quantitative estimate of drug-likeness (QED) is 0.0404. The Morgan fingerprint density at radius 3 is 0.969 bits per heavy atom. The van der Waals surface area contributed by atoms with Crippen molar-refractivity contribution in [3.63, 3.8) is 0 Å². The number of aryl methyl sites for hydroxylation is 3. The van der Waals surface area contributed by atoms with Crippen molar-refractivity contribution in [1.29, 1.82) is 0 Å². The molecule has 0 fully saturated rings. The molecule has 0 aromatic heterocycles. The number of hydrogen-bond donors (Lipinski definition) is 0. The van der Waals surface area contributed by atoms with Crippen LogP contribution in [0, 0.1) is 20.8 Å². The Labute approximate surface area is 376 Å². The molecule has 310 valence electrons. The van der Waals surface area contributed by atoms with Crippen molar-refractivity contribution >= 4 is 85.9 Å². The summed E-state index contributed by atoms with van der Waals surface area (Å²) in [6, 6.07) is 68.2. The van der Waals surface area contributed by atoms with Crippen LogP contribution in [0.15, 0.2) is 207 Å². The SMILES string of the molecule is C=CC(=O)Oc1ccc(N(c2ccc(C)cc2)c2ccc(/C=C/c3c4ccccc4c(/C=C/c4ccc(N(c5ccc(C)cc5)c5ccc(C)cc5)cc4)c4ccccc34)cc2)cc1. The molecular formula is C60H48N2O2. The van der Waals surface area contributed by atoms with E-state index in [0.717, 1.165) is 51.3 Å². The molecule has 0 saturated carbocycles. The van der Waals surface area contributed by atoms with Crippen LogP contribution in [0.3, 0.4) is 0 Å². The lowest BCUT2D eigenvalue weighted by Gasteiger charge is -2.26. The van der Waals surface area contributed by atoms with Crippen molar-refractivity contribution in [2.45, 2.75) is 20.8 Å². The topological polar surface area (TPSA) is 32.8 Å². The Kier molecular flexibility index (Phi) is 11.8. The van der Waals surface area contributed by atoms with E-state index in [9.17, 15) is 4.79 Å². The molecule has 0 heterocycles. The highest BCUT2D eigenvalue weighted by molar-refractivity contribution is 6.14. The maximum Gasteiger partial charge on any atom is 0.335 e. The molecule has 0 aliphatic rings. The van der Waals surface area contributed by atoms with Gasteiger partial charge >= 0.3 is 5.97 Å². The fourth-order valence-electron chi connectivity index (χ4n) is 8.18. The number of anilines is 6. The smallest absolute Gasteiger partial charge is 0.335 e. The van der Waals surface area contributed by atoms with Crippen LogP contribution < -0.4 is 14.5 Å². The van der Waals surface area contributed by atoms with E-state index < -0.39 is 5.97 Å². The Hall–Kier alpha value is -8.21. The molecule has 0 aliphatic heterocycles. The number of ether oxygens (including phenoxy) is 1. The van der Waals surface area contributed by atoms with Crippen LogP contribution in [-0.2, 0) is 4.79 Å². The lowest BCUT2D eigenvalue weighted by molar-refractivity contribution is -0.128. The molecule has 64 heavy (non-hydrogen) atoms. The number of fused-ring (bicyclic) bond motifs is 2. The van der Waals surface area contributed by atoms with Gasteiger partial charge in [-0.05, 0) is 149 Å². The summed E-state index contributed by atoms with van der Waals surface area (Å²) in [5.74, 6) is -0.0220. The molecule has 0 atom stereocenters. The Bertz CT molecular complexity index is 3040. The van der Waals surface area contributed by atoms with Gasteiger partial charge in [-0.15, -0.1) is 0 Å². The molecule has 0 N–H and O–H groups in total. The number of esters is 1. The molecule has 4 heteroatoms. The number of nitrogens with zero attached hydrogens (tertiary/aromatic N) is 2. The first-order chi connectivity index (χ1) is 31.3. The van der Waals surface area contributed by atoms with E-state index in [4.69, 9.17) is 4.74 Å². The number of carbonyl (C=O) groups excluding carboxylic acids is 1. The second kappa shape index (κ2) is 18.4. The molecule has 9 aromatic rings. The number of rotatable bonds is 12. The molecule has 4 nitrogen and oxygen atoms in total. The molecule has 0 spiro atoms. The van der Waals surface area contributed by atoms with Crippen molar-refractivity contribution in [2.75, 3.05) is 9.80 Å². The Morgan fingerprint density at radius 1 is 0.391 bits per heavy atom. The molecule has 9 rings (SSSR count). The van der Waals surface area contributed by atoms with E-state index in [0.29, 0.717) is 5.75 Å². The van der Waals surface area contributed by atoms with Crippen LogP contribution >= 0.6 is 0 Å². The Morgan fingerprint density at radius 2 is 0.672 bits per heavy atom. The third-order valence-electron chi connectivity index (χ3n) is 11.6. The summed E-state index contributed by atoms with van der Waals surface area (Å²) in [6.07, 6.45) is 10.1. The van der Waals surface area contributed by atoms with E-state index in [1.165, 1.54) is 49.4 Å². The zero-order valence-electron chi connectivity index (χ0n) is 36.3. The first kappa shape index (κ1) is 41.2. The lowest BCUT2D eigenvalue weighted by atomic mass is 9.91. The van der Waals surface area contributed by atoms with Crippen molar-refractivity contribution < 1.29 is 9.53 Å². The van der Waals surface area contributed by atoms with Gasteiger partial charge in [-0.1, -0.05) is 157 Å². The van der Waals surface area contributed by atoms with E-state index in [1.807, 2.05) is 12.1 Å². The summed E-state index contributed by atoms with van der Waals surface area (Å²) < 4.78 is 5.35. The number of benzene rings is 9. The zero-order valence-corrected chi connectivity index (χ0v) is 36.3. The summed E-state index contributed by atoms with van der Waals surface area (Å²) in [7, 11) is 0. The number of carbonyl (C=O) groups is 1. The van der Waals surface area contributed by atoms with E-state index in [-0.39, 0.29) is 0 Å². The third-order valence-corrected chi connectivity index (χ3v) is 11.6. The normalized spacial score (nSPS) is 11.4. The maximum atomic E-state index is 11.8. The van der Waals surface area contributed by atoms with Crippen LogP contribution in [0.2, 0.25) is 0 Å². The summed E-state index contributed by atoms with van der Waals surface area (Å²) in [5, 5.41) is 4.80. The molecule has 0 saturated heterocycles. The third kappa shape index (κ3) is 8.90. The fourth-order valence-corrected chi connectivity index (χ4v) is 8.18. The van der Waals surface area contributed by atoms with Gasteiger partial charge < -0.3 is 14.5 Å². The van der Waals surface area contributed by atoms with Gasteiger partial charge in [0.2, 0.25) is 0 Å². The molecule has 9 aromatic carbocycles. The zero-order chi connectivity index (χ0) is 44.0. The van der Waals surface area contributed by atoms with Crippen LogP contribution in [0.5, 0.6) is 5.75 Å². The highest BCUT2D eigenvalue weighted by Crippen LogP contribution is 2.39. The van der Waals surface area contributed by atoms with Crippen LogP contribution in [-0.4, -0.2) is 5.97 Å². The summed E-state index contributed by atoms with van der Waals surface area (Å²) >= 11 is 0. The first-order valence-electron chi connectivity index (χ1n) is 21.6. The second-order valence-corrected chi connectivity index (χ2v) is 16.1. The largest absolute Gasteiger partial charge is 0.423 e. The summed E-state index contributed by atoms with van der Waals surface area (Å²) in [6.45, 7) is 9.83. The maximum absolute atomic E-state index is 11.8. The van der Waals surface area contributed by atoms with Crippen LogP contribution in [0.25, 0.3) is 45.8 Å². The van der Waals surface area contributed by atoms with E-state index >= 15 is 0 Å². The van der Waals surface area contributed by atoms with Gasteiger partial charge in [0.05, 0.1) is 0 Å². The van der Waals surface area contributed by atoms with Gasteiger partial charge in [0.1, 0.15) is 5.75 Å². The van der Waals surface area contributed by atoms with Gasteiger partial charge in [-0.25, -0.2) is 4.79 Å². The average Bonchev–Trinajstić information content (AvgIpc) is 3.33. The molecule has 0 bridgehead atoms. The molecule has 0 aliphatic carbocycles.